The summed E-state index contributed by atoms with van der Waals surface area (Å²) in [6.07, 6.45) is 0. The van der Waals surface area contributed by atoms with Crippen molar-refractivity contribution in [3.63, 3.8) is 0 Å². The van der Waals surface area contributed by atoms with Crippen LogP contribution in [0.1, 0.15) is 47.4 Å². The van der Waals surface area contributed by atoms with E-state index < -0.39 is 0 Å². The second-order valence-corrected chi connectivity index (χ2v) is 7.89. The number of hydrogen-bond acceptors (Lipinski definition) is 2. The lowest BCUT2D eigenvalue weighted by molar-refractivity contribution is 0.328. The van der Waals surface area contributed by atoms with Crippen LogP contribution < -0.4 is 4.74 Å². The Labute approximate surface area is 129 Å². The molecule has 1 nitrogen and oxygen atoms in total. The van der Waals surface area contributed by atoms with Crippen LogP contribution in [0.15, 0.2) is 36.4 Å². The van der Waals surface area contributed by atoms with Crippen molar-refractivity contribution in [1.29, 1.82) is 0 Å². The fourth-order valence-electron chi connectivity index (χ4n) is 2.53. The molecule has 0 N–H and O–H groups in total. The minimum atomic E-state index is -0.0141. The number of benzene rings is 1. The Morgan fingerprint density at radius 2 is 1.95 bits per heavy atom. The number of alkyl halides is 1. The van der Waals surface area contributed by atoms with Crippen molar-refractivity contribution in [1.82, 2.24) is 0 Å². The zero-order valence-corrected chi connectivity index (χ0v) is 13.6. The highest BCUT2D eigenvalue weighted by Crippen LogP contribution is 2.46. The third kappa shape index (κ3) is 2.47. The molecule has 20 heavy (non-hydrogen) atoms. The summed E-state index contributed by atoms with van der Waals surface area (Å²) in [5.41, 5.74) is 1.42. The largest absolute Gasteiger partial charge is 0.493 e. The molecule has 3 heteroatoms. The first-order valence-corrected chi connectivity index (χ1v) is 8.18. The fraction of sp³-hybridized carbons (Fsp3) is 0.412. The molecular formula is C17H19ClOS. The Bertz CT molecular complexity index is 611. The predicted octanol–water partition coefficient (Wildman–Crippen LogP) is 5.50. The Hall–Kier alpha value is -0.990. The van der Waals surface area contributed by atoms with Gasteiger partial charge in [0, 0.05) is 21.2 Å². The highest BCUT2D eigenvalue weighted by Gasteiger charge is 2.32. The topological polar surface area (TPSA) is 9.23 Å². The molecule has 1 aliphatic heterocycles. The lowest BCUT2D eigenvalue weighted by Crippen LogP contribution is -2.08. The van der Waals surface area contributed by atoms with Gasteiger partial charge in [0.1, 0.15) is 5.75 Å². The van der Waals surface area contributed by atoms with E-state index in [1.807, 2.05) is 23.5 Å². The van der Waals surface area contributed by atoms with Crippen molar-refractivity contribution in [2.24, 2.45) is 0 Å². The first-order valence-electron chi connectivity index (χ1n) is 6.93. The molecular weight excluding hydrogens is 288 g/mol. The Kier molecular flexibility index (Phi) is 3.55. The van der Waals surface area contributed by atoms with E-state index in [0.29, 0.717) is 6.61 Å². The van der Waals surface area contributed by atoms with Crippen LogP contribution in [0.4, 0.5) is 0 Å². The molecule has 2 unspecified atom stereocenters. The zero-order valence-electron chi connectivity index (χ0n) is 12.0. The lowest BCUT2D eigenvalue weighted by atomic mass is 9.94. The van der Waals surface area contributed by atoms with Gasteiger partial charge in [0.2, 0.25) is 0 Å². The average molecular weight is 307 g/mol. The molecule has 2 aromatic rings. The molecule has 0 saturated carbocycles. The molecule has 2 heterocycles. The number of halogens is 1. The summed E-state index contributed by atoms with van der Waals surface area (Å²) in [6, 6.07) is 12.6. The summed E-state index contributed by atoms with van der Waals surface area (Å²) >= 11 is 8.56. The lowest BCUT2D eigenvalue weighted by Gasteiger charge is -2.17. The van der Waals surface area contributed by atoms with Crippen LogP contribution in [0.5, 0.6) is 5.75 Å². The monoisotopic (exact) mass is 306 g/mol. The molecule has 1 aromatic carbocycles. The fourth-order valence-corrected chi connectivity index (χ4v) is 4.06. The highest BCUT2D eigenvalue weighted by molar-refractivity contribution is 7.12. The van der Waals surface area contributed by atoms with Crippen molar-refractivity contribution >= 4 is 22.9 Å². The van der Waals surface area contributed by atoms with Crippen molar-refractivity contribution in [2.75, 3.05) is 6.61 Å². The number of ether oxygens (including phenoxy) is 1. The Morgan fingerprint density at radius 1 is 1.20 bits per heavy atom. The smallest absolute Gasteiger partial charge is 0.122 e. The van der Waals surface area contributed by atoms with Gasteiger partial charge in [-0.15, -0.1) is 22.9 Å². The van der Waals surface area contributed by atoms with Crippen molar-refractivity contribution in [3.05, 3.63) is 51.7 Å². The van der Waals surface area contributed by atoms with E-state index in [-0.39, 0.29) is 16.7 Å². The quantitative estimate of drug-likeness (QED) is 0.665. The predicted molar refractivity (Wildman–Crippen MR) is 86.3 cm³/mol. The molecule has 106 valence electrons. The van der Waals surface area contributed by atoms with Crippen LogP contribution in [0.3, 0.4) is 0 Å². The zero-order chi connectivity index (χ0) is 14.3. The number of thiophene rings is 1. The summed E-state index contributed by atoms with van der Waals surface area (Å²) in [5.74, 6) is 1.23. The van der Waals surface area contributed by atoms with Gasteiger partial charge >= 0.3 is 0 Å². The van der Waals surface area contributed by atoms with Crippen molar-refractivity contribution in [3.8, 4) is 5.75 Å². The molecule has 0 radical (unpaired) electrons. The first kappa shape index (κ1) is 14.0. The van der Waals surface area contributed by atoms with Gasteiger partial charge in [-0.05, 0) is 23.6 Å². The minimum absolute atomic E-state index is 0.0141. The van der Waals surface area contributed by atoms with Crippen LogP contribution in [-0.2, 0) is 5.41 Å². The maximum Gasteiger partial charge on any atom is 0.122 e. The molecule has 3 rings (SSSR count). The second kappa shape index (κ2) is 5.09. The number of rotatable bonds is 2. The van der Waals surface area contributed by atoms with Gasteiger partial charge in [0.05, 0.1) is 12.0 Å². The maximum atomic E-state index is 6.73. The van der Waals surface area contributed by atoms with E-state index in [1.54, 1.807) is 0 Å². The highest BCUT2D eigenvalue weighted by atomic mass is 35.5. The Balaban J connectivity index is 1.87. The number of para-hydroxylation sites is 1. The molecule has 0 aliphatic carbocycles. The van der Waals surface area contributed by atoms with Gasteiger partial charge in [-0.3, -0.25) is 0 Å². The second-order valence-electron chi connectivity index (χ2n) is 6.31. The molecule has 1 aromatic heterocycles. The van der Waals surface area contributed by atoms with Crippen molar-refractivity contribution < 1.29 is 4.74 Å². The van der Waals surface area contributed by atoms with E-state index in [0.717, 1.165) is 5.75 Å². The first-order chi connectivity index (χ1) is 9.47. The normalized spacial score (nSPS) is 19.5. The van der Waals surface area contributed by atoms with E-state index in [9.17, 15) is 0 Å². The van der Waals surface area contributed by atoms with Gasteiger partial charge in [0.25, 0.3) is 0 Å². The maximum absolute atomic E-state index is 6.73. The van der Waals surface area contributed by atoms with Crippen LogP contribution in [0, 0.1) is 0 Å². The van der Waals surface area contributed by atoms with Gasteiger partial charge in [0.15, 0.2) is 0 Å². The van der Waals surface area contributed by atoms with Gasteiger partial charge in [-0.25, -0.2) is 0 Å². The molecule has 0 amide bonds. The summed E-state index contributed by atoms with van der Waals surface area (Å²) in [7, 11) is 0. The van der Waals surface area contributed by atoms with Crippen LogP contribution in [0.25, 0.3) is 0 Å². The minimum Gasteiger partial charge on any atom is -0.493 e. The standard InChI is InChI=1S/C17H19ClOS/c1-17(2,3)15-9-8-14(20-15)16(18)12-10-19-13-7-5-4-6-11(12)13/h4-9,12,16H,10H2,1-3H3. The molecule has 1 aliphatic rings. The molecule has 0 saturated heterocycles. The van der Waals surface area contributed by atoms with E-state index >= 15 is 0 Å². The summed E-state index contributed by atoms with van der Waals surface area (Å²) < 4.78 is 5.75. The van der Waals surface area contributed by atoms with Crippen LogP contribution >= 0.6 is 22.9 Å². The number of fused-ring (bicyclic) bond motifs is 1. The van der Waals surface area contributed by atoms with E-state index in [4.69, 9.17) is 16.3 Å². The third-order valence-corrected chi connectivity index (χ3v) is 5.99. The van der Waals surface area contributed by atoms with Crippen LogP contribution in [-0.4, -0.2) is 6.61 Å². The molecule has 0 bridgehead atoms. The van der Waals surface area contributed by atoms with Crippen molar-refractivity contribution in [2.45, 2.75) is 37.5 Å². The Morgan fingerprint density at radius 3 is 2.65 bits per heavy atom. The number of hydrogen-bond donors (Lipinski definition) is 0. The average Bonchev–Trinajstić information content (AvgIpc) is 3.04. The summed E-state index contributed by atoms with van der Waals surface area (Å²) in [6.45, 7) is 7.38. The van der Waals surface area contributed by atoms with Gasteiger partial charge in [-0.1, -0.05) is 39.0 Å². The van der Waals surface area contributed by atoms with Gasteiger partial charge in [-0.2, -0.15) is 0 Å². The van der Waals surface area contributed by atoms with Gasteiger partial charge < -0.3 is 4.74 Å². The van der Waals surface area contributed by atoms with E-state index in [2.05, 4.69) is 45.0 Å². The summed E-state index contributed by atoms with van der Waals surface area (Å²) in [4.78, 5) is 2.62. The van der Waals surface area contributed by atoms with Crippen LogP contribution in [0.2, 0.25) is 0 Å². The summed E-state index contributed by atoms with van der Waals surface area (Å²) in [5, 5.41) is -0.0141. The third-order valence-electron chi connectivity index (χ3n) is 3.73. The molecule has 0 spiro atoms. The molecule has 0 fully saturated rings. The molecule has 2 atom stereocenters. The van der Waals surface area contributed by atoms with E-state index in [1.165, 1.54) is 15.3 Å². The SMILES string of the molecule is CC(C)(C)c1ccc(C(Cl)C2COc3ccccc32)s1.